The van der Waals surface area contributed by atoms with E-state index >= 15 is 0 Å². The molecule has 0 bridgehead atoms. The van der Waals surface area contributed by atoms with E-state index in [0.29, 0.717) is 5.11 Å². The van der Waals surface area contributed by atoms with Gasteiger partial charge in [-0.2, -0.15) is 5.10 Å². The van der Waals surface area contributed by atoms with Crippen molar-refractivity contribution in [3.05, 3.63) is 11.9 Å². The van der Waals surface area contributed by atoms with Crippen molar-refractivity contribution in [2.45, 2.75) is 26.8 Å². The molecule has 1 aromatic heterocycles. The van der Waals surface area contributed by atoms with E-state index in [0.717, 1.165) is 37.5 Å². The van der Waals surface area contributed by atoms with Gasteiger partial charge in [-0.1, -0.05) is 0 Å². The molecular formula is C11H20N4OS. The standard InChI is InChI=1S/C11H20N4OS/c1-4-15-9(2)10(8-13-15)14-11(17)12-6-5-7-16-3/h8H,4-7H2,1-3H3,(H2,12,14,17). The van der Waals surface area contributed by atoms with Crippen molar-refractivity contribution < 1.29 is 4.74 Å². The van der Waals surface area contributed by atoms with Crippen molar-refractivity contribution in [3.8, 4) is 0 Å². The average molecular weight is 256 g/mol. The fourth-order valence-corrected chi connectivity index (χ4v) is 1.68. The number of hydrogen-bond donors (Lipinski definition) is 2. The SMILES string of the molecule is CCn1ncc(NC(=S)NCCCOC)c1C. The Labute approximate surface area is 108 Å². The second-order valence-electron chi connectivity index (χ2n) is 3.69. The lowest BCUT2D eigenvalue weighted by Crippen LogP contribution is -2.29. The first-order chi connectivity index (χ1) is 8.19. The first-order valence-corrected chi connectivity index (χ1v) is 6.16. The van der Waals surface area contributed by atoms with Gasteiger partial charge >= 0.3 is 0 Å². The summed E-state index contributed by atoms with van der Waals surface area (Å²) in [6, 6.07) is 0. The van der Waals surface area contributed by atoms with Gasteiger partial charge in [-0.25, -0.2) is 0 Å². The molecule has 0 aliphatic carbocycles. The van der Waals surface area contributed by atoms with Gasteiger partial charge in [0.1, 0.15) is 0 Å². The Balaban J connectivity index is 2.37. The fourth-order valence-electron chi connectivity index (χ4n) is 1.47. The van der Waals surface area contributed by atoms with Gasteiger partial charge in [0.25, 0.3) is 0 Å². The molecule has 6 heteroatoms. The minimum Gasteiger partial charge on any atom is -0.385 e. The molecule has 5 nitrogen and oxygen atoms in total. The first-order valence-electron chi connectivity index (χ1n) is 5.75. The van der Waals surface area contributed by atoms with E-state index in [1.807, 2.05) is 11.6 Å². The van der Waals surface area contributed by atoms with Gasteiger partial charge in [-0.3, -0.25) is 4.68 Å². The Morgan fingerprint density at radius 1 is 1.59 bits per heavy atom. The minimum atomic E-state index is 0.625. The van der Waals surface area contributed by atoms with Crippen molar-refractivity contribution >= 4 is 23.0 Å². The number of nitrogens with zero attached hydrogens (tertiary/aromatic N) is 2. The number of aryl methyl sites for hydroxylation is 1. The molecule has 0 aliphatic rings. The Morgan fingerprint density at radius 2 is 2.35 bits per heavy atom. The minimum absolute atomic E-state index is 0.625. The molecule has 0 fully saturated rings. The van der Waals surface area contributed by atoms with E-state index in [1.165, 1.54) is 0 Å². The van der Waals surface area contributed by atoms with Crippen LogP contribution < -0.4 is 10.6 Å². The van der Waals surface area contributed by atoms with Gasteiger partial charge in [0, 0.05) is 26.8 Å². The van der Waals surface area contributed by atoms with Crippen molar-refractivity contribution in [2.24, 2.45) is 0 Å². The van der Waals surface area contributed by atoms with Crippen molar-refractivity contribution in [3.63, 3.8) is 0 Å². The lowest BCUT2D eigenvalue weighted by molar-refractivity contribution is 0.196. The molecule has 17 heavy (non-hydrogen) atoms. The highest BCUT2D eigenvalue weighted by atomic mass is 32.1. The predicted molar refractivity (Wildman–Crippen MR) is 73.4 cm³/mol. The summed E-state index contributed by atoms with van der Waals surface area (Å²) >= 11 is 5.19. The quantitative estimate of drug-likeness (QED) is 0.597. The summed E-state index contributed by atoms with van der Waals surface area (Å²) in [5.41, 5.74) is 2.05. The maximum atomic E-state index is 5.19. The van der Waals surface area contributed by atoms with Crippen LogP contribution in [0.3, 0.4) is 0 Å². The molecule has 0 unspecified atom stereocenters. The molecule has 0 radical (unpaired) electrons. The molecule has 1 aromatic rings. The molecule has 2 N–H and O–H groups in total. The fraction of sp³-hybridized carbons (Fsp3) is 0.636. The van der Waals surface area contributed by atoms with Crippen molar-refractivity contribution in [2.75, 3.05) is 25.6 Å². The summed E-state index contributed by atoms with van der Waals surface area (Å²) in [5, 5.41) is 11.1. The lowest BCUT2D eigenvalue weighted by atomic mass is 10.4. The van der Waals surface area contributed by atoms with Gasteiger partial charge in [0.05, 0.1) is 17.6 Å². The number of thiocarbonyl (C=S) groups is 1. The third kappa shape index (κ3) is 4.32. The second kappa shape index (κ2) is 7.24. The summed E-state index contributed by atoms with van der Waals surface area (Å²) in [4.78, 5) is 0. The highest BCUT2D eigenvalue weighted by molar-refractivity contribution is 7.80. The van der Waals surface area contributed by atoms with Crippen LogP contribution >= 0.6 is 12.2 Å². The van der Waals surface area contributed by atoms with Crippen LogP contribution in [0.4, 0.5) is 5.69 Å². The van der Waals surface area contributed by atoms with E-state index in [4.69, 9.17) is 17.0 Å². The molecule has 0 spiro atoms. The van der Waals surface area contributed by atoms with E-state index in [-0.39, 0.29) is 0 Å². The summed E-state index contributed by atoms with van der Waals surface area (Å²) < 4.78 is 6.89. The molecular weight excluding hydrogens is 236 g/mol. The summed E-state index contributed by atoms with van der Waals surface area (Å²) in [7, 11) is 1.69. The van der Waals surface area contributed by atoms with E-state index in [1.54, 1.807) is 13.3 Å². The van der Waals surface area contributed by atoms with Crippen LogP contribution in [0.5, 0.6) is 0 Å². The zero-order chi connectivity index (χ0) is 12.7. The molecule has 0 atom stereocenters. The van der Waals surface area contributed by atoms with Crippen LogP contribution in [0, 0.1) is 6.92 Å². The monoisotopic (exact) mass is 256 g/mol. The van der Waals surface area contributed by atoms with Gasteiger partial charge in [0.15, 0.2) is 5.11 Å². The lowest BCUT2D eigenvalue weighted by Gasteiger charge is -2.09. The summed E-state index contributed by atoms with van der Waals surface area (Å²) in [6.45, 7) is 6.49. The molecule has 0 aromatic carbocycles. The molecule has 0 saturated heterocycles. The van der Waals surface area contributed by atoms with E-state index in [2.05, 4.69) is 22.7 Å². The number of ether oxygens (including phenoxy) is 1. The first kappa shape index (κ1) is 13.9. The van der Waals surface area contributed by atoms with Gasteiger partial charge in [0.2, 0.25) is 0 Å². The zero-order valence-electron chi connectivity index (χ0n) is 10.6. The van der Waals surface area contributed by atoms with Crippen LogP contribution in [-0.2, 0) is 11.3 Å². The predicted octanol–water partition coefficient (Wildman–Crippen LogP) is 1.53. The highest BCUT2D eigenvalue weighted by Gasteiger charge is 2.05. The van der Waals surface area contributed by atoms with Crippen LogP contribution in [0.2, 0.25) is 0 Å². The Morgan fingerprint density at radius 3 is 2.94 bits per heavy atom. The topological polar surface area (TPSA) is 51.1 Å². The second-order valence-corrected chi connectivity index (χ2v) is 4.09. The Hall–Kier alpha value is -1.14. The van der Waals surface area contributed by atoms with Crippen LogP contribution in [-0.4, -0.2) is 35.2 Å². The number of aromatic nitrogens is 2. The Kier molecular flexibility index (Phi) is 5.93. The number of hydrogen-bond acceptors (Lipinski definition) is 3. The molecule has 1 rings (SSSR count). The van der Waals surface area contributed by atoms with Gasteiger partial charge in [-0.05, 0) is 32.5 Å². The third-order valence-electron chi connectivity index (χ3n) is 2.46. The Bertz CT molecular complexity index is 364. The van der Waals surface area contributed by atoms with E-state index in [9.17, 15) is 0 Å². The highest BCUT2D eigenvalue weighted by Crippen LogP contribution is 2.12. The normalized spacial score (nSPS) is 10.3. The molecule has 0 saturated carbocycles. The van der Waals surface area contributed by atoms with Crippen molar-refractivity contribution in [1.82, 2.24) is 15.1 Å². The smallest absolute Gasteiger partial charge is 0.170 e. The van der Waals surface area contributed by atoms with Gasteiger partial charge < -0.3 is 15.4 Å². The molecule has 1 heterocycles. The van der Waals surface area contributed by atoms with Crippen molar-refractivity contribution in [1.29, 1.82) is 0 Å². The molecule has 96 valence electrons. The number of anilines is 1. The average Bonchev–Trinajstić information content (AvgIpc) is 2.66. The number of rotatable bonds is 6. The largest absolute Gasteiger partial charge is 0.385 e. The third-order valence-corrected chi connectivity index (χ3v) is 2.71. The molecule has 0 aliphatic heterocycles. The summed E-state index contributed by atoms with van der Waals surface area (Å²) in [5.74, 6) is 0. The number of methoxy groups -OCH3 is 1. The van der Waals surface area contributed by atoms with Crippen LogP contribution in [0.15, 0.2) is 6.20 Å². The van der Waals surface area contributed by atoms with Gasteiger partial charge in [-0.15, -0.1) is 0 Å². The number of nitrogens with one attached hydrogen (secondary N) is 2. The van der Waals surface area contributed by atoms with E-state index < -0.39 is 0 Å². The molecule has 0 amide bonds. The van der Waals surface area contributed by atoms with Crippen LogP contribution in [0.25, 0.3) is 0 Å². The van der Waals surface area contributed by atoms with Crippen LogP contribution in [0.1, 0.15) is 19.0 Å². The zero-order valence-corrected chi connectivity index (χ0v) is 11.4. The maximum Gasteiger partial charge on any atom is 0.170 e. The summed E-state index contributed by atoms with van der Waals surface area (Å²) in [6.07, 6.45) is 2.73. The maximum absolute atomic E-state index is 5.19.